The molecule has 2 fully saturated rings. The van der Waals surface area contributed by atoms with Gasteiger partial charge < -0.3 is 20.5 Å². The molecular formula is C13H16N2O3. The van der Waals surface area contributed by atoms with E-state index in [0.29, 0.717) is 6.61 Å². The Kier molecular flexibility index (Phi) is 2.83. The number of benzene rings is 1. The fourth-order valence-corrected chi connectivity index (χ4v) is 2.76. The number of carbonyl (C=O) groups is 1. The van der Waals surface area contributed by atoms with Crippen molar-refractivity contribution < 1.29 is 14.6 Å². The zero-order valence-electron chi connectivity index (χ0n) is 9.93. The van der Waals surface area contributed by atoms with Crippen LogP contribution in [-0.2, 0) is 4.74 Å². The van der Waals surface area contributed by atoms with Gasteiger partial charge in [-0.3, -0.25) is 0 Å². The van der Waals surface area contributed by atoms with Gasteiger partial charge in [0.25, 0.3) is 0 Å². The number of hydrogen-bond acceptors (Lipinski definition) is 3. The van der Waals surface area contributed by atoms with E-state index in [1.807, 2.05) is 6.07 Å². The quantitative estimate of drug-likeness (QED) is 0.705. The lowest BCUT2D eigenvalue weighted by atomic mass is 9.85. The number of fused-ring (bicyclic) bond motifs is 1. The first-order valence-electron chi connectivity index (χ1n) is 6.21. The molecule has 0 unspecified atom stereocenters. The average Bonchev–Trinajstić information content (AvgIpc) is 2.37. The Balaban J connectivity index is 1.90. The lowest BCUT2D eigenvalue weighted by Crippen LogP contribution is -2.58. The number of aromatic hydroxyl groups is 1. The van der Waals surface area contributed by atoms with Crippen LogP contribution in [0.1, 0.15) is 24.4 Å². The molecule has 2 saturated heterocycles. The zero-order valence-corrected chi connectivity index (χ0v) is 9.93. The van der Waals surface area contributed by atoms with Crippen molar-refractivity contribution in [1.29, 1.82) is 0 Å². The van der Waals surface area contributed by atoms with Crippen LogP contribution in [0.5, 0.6) is 5.75 Å². The highest BCUT2D eigenvalue weighted by atomic mass is 16.5. The van der Waals surface area contributed by atoms with Gasteiger partial charge in [0, 0.05) is 12.5 Å². The van der Waals surface area contributed by atoms with Gasteiger partial charge in [0.2, 0.25) is 0 Å². The third-order valence-electron chi connectivity index (χ3n) is 3.59. The maximum Gasteiger partial charge on any atom is 0.317 e. The third-order valence-corrected chi connectivity index (χ3v) is 3.59. The van der Waals surface area contributed by atoms with Crippen molar-refractivity contribution in [3.8, 4) is 5.75 Å². The summed E-state index contributed by atoms with van der Waals surface area (Å²) >= 11 is 0. The Bertz CT molecular complexity index is 463. The van der Waals surface area contributed by atoms with Crippen molar-refractivity contribution in [1.82, 2.24) is 10.6 Å². The molecule has 0 radical (unpaired) electrons. The highest BCUT2D eigenvalue weighted by molar-refractivity contribution is 5.75. The lowest BCUT2D eigenvalue weighted by molar-refractivity contribution is -0.0602. The Morgan fingerprint density at radius 3 is 3.06 bits per heavy atom. The second kappa shape index (κ2) is 4.49. The van der Waals surface area contributed by atoms with Crippen LogP contribution >= 0.6 is 0 Å². The summed E-state index contributed by atoms with van der Waals surface area (Å²) in [6.45, 7) is 0.689. The van der Waals surface area contributed by atoms with E-state index in [2.05, 4.69) is 10.6 Å². The summed E-state index contributed by atoms with van der Waals surface area (Å²) in [5.74, 6) is 0.423. The normalized spacial score (nSPS) is 31.1. The highest BCUT2D eigenvalue weighted by Gasteiger charge is 2.39. The average molecular weight is 248 g/mol. The van der Waals surface area contributed by atoms with Gasteiger partial charge in [0.1, 0.15) is 12.0 Å². The van der Waals surface area contributed by atoms with E-state index in [1.165, 1.54) is 0 Å². The standard InChI is InChI=1S/C13H16N2O3/c16-9-4-1-3-8(7-9)11-10-5-2-6-18-12(10)15-13(17)14-11/h1,3-4,7,10-12,16H,2,5-6H2,(H2,14,15,17)/t10-,11-,12-/m0/s1. The Hall–Kier alpha value is -1.75. The Labute approximate surface area is 105 Å². The fraction of sp³-hybridized carbons (Fsp3) is 0.462. The largest absolute Gasteiger partial charge is 0.508 e. The molecule has 0 saturated carbocycles. The number of carbonyl (C=O) groups excluding carboxylic acids is 1. The molecule has 1 aromatic rings. The first-order valence-corrected chi connectivity index (χ1v) is 6.21. The third kappa shape index (κ3) is 2.01. The van der Waals surface area contributed by atoms with Crippen molar-refractivity contribution in [2.24, 2.45) is 5.92 Å². The Morgan fingerprint density at radius 2 is 2.22 bits per heavy atom. The molecule has 2 heterocycles. The minimum Gasteiger partial charge on any atom is -0.508 e. The maximum absolute atomic E-state index is 11.6. The number of urea groups is 1. The van der Waals surface area contributed by atoms with Crippen molar-refractivity contribution in [2.45, 2.75) is 25.1 Å². The highest BCUT2D eigenvalue weighted by Crippen LogP contribution is 2.35. The summed E-state index contributed by atoms with van der Waals surface area (Å²) in [6, 6.07) is 6.71. The summed E-state index contributed by atoms with van der Waals surface area (Å²) in [7, 11) is 0. The summed E-state index contributed by atoms with van der Waals surface area (Å²) in [6.07, 6.45) is 1.77. The SMILES string of the molecule is O=C1N[C@H]2OCCC[C@H]2[C@H](c2cccc(O)c2)N1. The molecule has 5 nitrogen and oxygen atoms in total. The van der Waals surface area contributed by atoms with Crippen molar-refractivity contribution >= 4 is 6.03 Å². The number of ether oxygens (including phenoxy) is 1. The molecule has 0 aromatic heterocycles. The molecule has 0 spiro atoms. The second-order valence-electron chi connectivity index (χ2n) is 4.79. The number of amides is 2. The molecule has 1 aromatic carbocycles. The molecule has 3 rings (SSSR count). The van der Waals surface area contributed by atoms with Crippen LogP contribution < -0.4 is 10.6 Å². The predicted octanol–water partition coefficient (Wildman–Crippen LogP) is 1.50. The van der Waals surface area contributed by atoms with E-state index in [1.54, 1.807) is 18.2 Å². The van der Waals surface area contributed by atoms with Gasteiger partial charge in [-0.2, -0.15) is 0 Å². The van der Waals surface area contributed by atoms with Gasteiger partial charge in [-0.1, -0.05) is 12.1 Å². The molecule has 0 bridgehead atoms. The van der Waals surface area contributed by atoms with Crippen LogP contribution in [0, 0.1) is 5.92 Å². The summed E-state index contributed by atoms with van der Waals surface area (Å²) in [5.41, 5.74) is 0.922. The zero-order chi connectivity index (χ0) is 12.5. The second-order valence-corrected chi connectivity index (χ2v) is 4.79. The van der Waals surface area contributed by atoms with Crippen LogP contribution in [0.4, 0.5) is 4.79 Å². The van der Waals surface area contributed by atoms with Gasteiger partial charge >= 0.3 is 6.03 Å². The van der Waals surface area contributed by atoms with Crippen LogP contribution in [0.3, 0.4) is 0 Å². The number of phenols is 1. The van der Waals surface area contributed by atoms with E-state index in [9.17, 15) is 9.90 Å². The topological polar surface area (TPSA) is 70.6 Å². The summed E-state index contributed by atoms with van der Waals surface area (Å²) in [4.78, 5) is 11.6. The van der Waals surface area contributed by atoms with Gasteiger partial charge in [-0.15, -0.1) is 0 Å². The Morgan fingerprint density at radius 1 is 1.33 bits per heavy atom. The van der Waals surface area contributed by atoms with E-state index in [0.717, 1.165) is 18.4 Å². The van der Waals surface area contributed by atoms with E-state index >= 15 is 0 Å². The van der Waals surface area contributed by atoms with E-state index in [4.69, 9.17) is 4.74 Å². The minimum absolute atomic E-state index is 0.101. The molecule has 3 atom stereocenters. The van der Waals surface area contributed by atoms with Crippen LogP contribution in [-0.4, -0.2) is 24.0 Å². The molecule has 2 aliphatic heterocycles. The number of nitrogens with one attached hydrogen (secondary N) is 2. The molecule has 5 heteroatoms. The van der Waals surface area contributed by atoms with Crippen molar-refractivity contribution in [3.63, 3.8) is 0 Å². The molecule has 2 aliphatic rings. The molecular weight excluding hydrogens is 232 g/mol. The molecule has 18 heavy (non-hydrogen) atoms. The first-order chi connectivity index (χ1) is 8.74. The first kappa shape index (κ1) is 11.3. The predicted molar refractivity (Wildman–Crippen MR) is 65.0 cm³/mol. The number of hydrogen-bond donors (Lipinski definition) is 3. The molecule has 96 valence electrons. The van der Waals surface area contributed by atoms with Crippen molar-refractivity contribution in [2.75, 3.05) is 6.61 Å². The van der Waals surface area contributed by atoms with Gasteiger partial charge in [0.15, 0.2) is 0 Å². The van der Waals surface area contributed by atoms with Crippen molar-refractivity contribution in [3.05, 3.63) is 29.8 Å². The monoisotopic (exact) mass is 248 g/mol. The minimum atomic E-state index is -0.222. The van der Waals surface area contributed by atoms with Gasteiger partial charge in [0.05, 0.1) is 6.04 Å². The smallest absolute Gasteiger partial charge is 0.317 e. The van der Waals surface area contributed by atoms with E-state index < -0.39 is 0 Å². The molecule has 3 N–H and O–H groups in total. The molecule has 2 amide bonds. The fourth-order valence-electron chi connectivity index (χ4n) is 2.76. The summed E-state index contributed by atoms with van der Waals surface area (Å²) < 4.78 is 5.60. The van der Waals surface area contributed by atoms with Gasteiger partial charge in [-0.05, 0) is 30.5 Å². The van der Waals surface area contributed by atoms with E-state index in [-0.39, 0.29) is 30.0 Å². The molecule has 0 aliphatic carbocycles. The van der Waals surface area contributed by atoms with Crippen LogP contribution in [0.2, 0.25) is 0 Å². The van der Waals surface area contributed by atoms with Crippen LogP contribution in [0.15, 0.2) is 24.3 Å². The van der Waals surface area contributed by atoms with Crippen LogP contribution in [0.25, 0.3) is 0 Å². The lowest BCUT2D eigenvalue weighted by Gasteiger charge is -2.41. The maximum atomic E-state index is 11.6. The number of rotatable bonds is 1. The summed E-state index contributed by atoms with van der Waals surface area (Å²) in [5, 5.41) is 15.3. The van der Waals surface area contributed by atoms with Gasteiger partial charge in [-0.25, -0.2) is 4.79 Å². The number of phenolic OH excluding ortho intramolecular Hbond substituents is 1.